The van der Waals surface area contributed by atoms with Crippen LogP contribution in [0.2, 0.25) is 0 Å². The minimum Gasteiger partial charge on any atom is -0.467 e. The smallest absolute Gasteiger partial charge is 0.342 e. The molecular formula is C14H19BrO6. The fourth-order valence-electron chi connectivity index (χ4n) is 1.65. The number of methoxy groups -OCH3 is 2. The van der Waals surface area contributed by atoms with Crippen LogP contribution in [0.25, 0.3) is 0 Å². The first kappa shape index (κ1) is 17.7. The first-order valence-electron chi connectivity index (χ1n) is 6.30. The second kappa shape index (κ2) is 8.86. The van der Waals surface area contributed by atoms with E-state index in [1.54, 1.807) is 19.9 Å². The summed E-state index contributed by atoms with van der Waals surface area (Å²) in [5.74, 6) is 0.385. The molecule has 0 heterocycles. The fraction of sp³-hybridized carbons (Fsp3) is 0.500. The van der Waals surface area contributed by atoms with Gasteiger partial charge in [0.15, 0.2) is 13.6 Å². The Morgan fingerprint density at radius 1 is 1.14 bits per heavy atom. The van der Waals surface area contributed by atoms with E-state index in [0.717, 1.165) is 0 Å². The van der Waals surface area contributed by atoms with Crippen molar-refractivity contribution in [2.45, 2.75) is 13.8 Å². The summed E-state index contributed by atoms with van der Waals surface area (Å²) in [4.78, 5) is 12.1. The van der Waals surface area contributed by atoms with Gasteiger partial charge in [-0.05, 0) is 35.3 Å². The fourth-order valence-corrected chi connectivity index (χ4v) is 2.08. The maximum Gasteiger partial charge on any atom is 0.342 e. The first-order valence-corrected chi connectivity index (χ1v) is 7.09. The summed E-state index contributed by atoms with van der Waals surface area (Å²) >= 11 is 3.41. The lowest BCUT2D eigenvalue weighted by Gasteiger charge is -2.17. The Labute approximate surface area is 132 Å². The quantitative estimate of drug-likeness (QED) is 0.523. The van der Waals surface area contributed by atoms with E-state index in [1.807, 2.05) is 0 Å². The first-order chi connectivity index (χ1) is 10.1. The number of ether oxygens (including phenoxy) is 5. The number of carbonyl (C=O) groups excluding carboxylic acids is 1. The summed E-state index contributed by atoms with van der Waals surface area (Å²) in [6.07, 6.45) is 0. The molecule has 6 nitrogen and oxygen atoms in total. The van der Waals surface area contributed by atoms with Gasteiger partial charge in [-0.2, -0.15) is 0 Å². The molecule has 7 heteroatoms. The lowest BCUT2D eigenvalue weighted by atomic mass is 10.1. The van der Waals surface area contributed by atoms with Crippen molar-refractivity contribution in [3.8, 4) is 11.5 Å². The summed E-state index contributed by atoms with van der Waals surface area (Å²) in [6.45, 7) is 3.89. The topological polar surface area (TPSA) is 63.2 Å². The third kappa shape index (κ3) is 4.59. The molecule has 0 aromatic heterocycles. The van der Waals surface area contributed by atoms with Crippen molar-refractivity contribution in [3.05, 3.63) is 21.7 Å². The minimum absolute atomic E-state index is 0.0111. The van der Waals surface area contributed by atoms with E-state index in [1.165, 1.54) is 14.2 Å². The van der Waals surface area contributed by atoms with E-state index in [0.29, 0.717) is 27.1 Å². The monoisotopic (exact) mass is 362 g/mol. The molecule has 0 aliphatic heterocycles. The third-order valence-electron chi connectivity index (χ3n) is 2.57. The van der Waals surface area contributed by atoms with Gasteiger partial charge in [0.25, 0.3) is 0 Å². The molecule has 21 heavy (non-hydrogen) atoms. The van der Waals surface area contributed by atoms with Crippen molar-refractivity contribution >= 4 is 21.9 Å². The number of esters is 1. The highest BCUT2D eigenvalue weighted by molar-refractivity contribution is 9.10. The average molecular weight is 363 g/mol. The minimum atomic E-state index is -0.458. The van der Waals surface area contributed by atoms with E-state index < -0.39 is 5.97 Å². The number of carbonyl (C=O) groups is 1. The Kier molecular flexibility index (Phi) is 7.49. The van der Waals surface area contributed by atoms with Gasteiger partial charge in [-0.1, -0.05) is 0 Å². The van der Waals surface area contributed by atoms with Gasteiger partial charge in [-0.25, -0.2) is 4.79 Å². The van der Waals surface area contributed by atoms with Gasteiger partial charge in [0.2, 0.25) is 0 Å². The number of hydrogen-bond acceptors (Lipinski definition) is 6. The molecule has 0 amide bonds. The maximum absolute atomic E-state index is 12.1. The highest BCUT2D eigenvalue weighted by Crippen LogP contribution is 2.37. The van der Waals surface area contributed by atoms with E-state index in [9.17, 15) is 4.79 Å². The van der Waals surface area contributed by atoms with Gasteiger partial charge in [-0.3, -0.25) is 0 Å². The van der Waals surface area contributed by atoms with Crippen molar-refractivity contribution < 1.29 is 28.5 Å². The van der Waals surface area contributed by atoms with Gasteiger partial charge in [-0.15, -0.1) is 0 Å². The molecule has 118 valence electrons. The second-order valence-corrected chi connectivity index (χ2v) is 4.80. The Morgan fingerprint density at radius 2 is 1.71 bits per heavy atom. The van der Waals surface area contributed by atoms with Crippen molar-refractivity contribution in [2.24, 2.45) is 0 Å². The van der Waals surface area contributed by atoms with E-state index in [2.05, 4.69) is 15.9 Å². The lowest BCUT2D eigenvalue weighted by Crippen LogP contribution is -2.12. The molecular weight excluding hydrogens is 344 g/mol. The van der Waals surface area contributed by atoms with E-state index >= 15 is 0 Å². The SMILES string of the molecule is CCOC(=O)c1c(OCOC)cc(OCOC)c(Br)c1C. The summed E-state index contributed by atoms with van der Waals surface area (Å²) in [6, 6.07) is 1.60. The zero-order valence-electron chi connectivity index (χ0n) is 12.5. The molecule has 1 aromatic rings. The van der Waals surface area contributed by atoms with Crippen LogP contribution in [0.4, 0.5) is 0 Å². The van der Waals surface area contributed by atoms with Crippen molar-refractivity contribution in [2.75, 3.05) is 34.4 Å². The zero-order chi connectivity index (χ0) is 15.8. The van der Waals surface area contributed by atoms with Crippen LogP contribution >= 0.6 is 15.9 Å². The molecule has 0 atom stereocenters. The van der Waals surface area contributed by atoms with Crippen LogP contribution in [-0.4, -0.2) is 40.4 Å². The Bertz CT molecular complexity index is 489. The molecule has 0 bridgehead atoms. The van der Waals surface area contributed by atoms with Crippen molar-refractivity contribution in [1.82, 2.24) is 0 Å². The molecule has 0 N–H and O–H groups in total. The predicted molar refractivity (Wildman–Crippen MR) is 79.8 cm³/mol. The van der Waals surface area contributed by atoms with E-state index in [4.69, 9.17) is 23.7 Å². The summed E-state index contributed by atoms with van der Waals surface area (Å²) in [5, 5.41) is 0. The Hall–Kier alpha value is -1.31. The summed E-state index contributed by atoms with van der Waals surface area (Å²) in [7, 11) is 3.02. The van der Waals surface area contributed by atoms with Crippen LogP contribution in [0.15, 0.2) is 10.5 Å². The largest absolute Gasteiger partial charge is 0.467 e. The molecule has 0 aliphatic carbocycles. The van der Waals surface area contributed by atoms with Crippen LogP contribution in [0.3, 0.4) is 0 Å². The number of rotatable bonds is 8. The van der Waals surface area contributed by atoms with Gasteiger partial charge < -0.3 is 23.7 Å². The number of benzene rings is 1. The predicted octanol–water partition coefficient (Wildman–Crippen LogP) is 2.90. The molecule has 1 aromatic carbocycles. The molecule has 0 saturated heterocycles. The molecule has 0 fully saturated rings. The van der Waals surface area contributed by atoms with Crippen molar-refractivity contribution in [3.63, 3.8) is 0 Å². The number of halogens is 1. The van der Waals surface area contributed by atoms with Crippen LogP contribution in [0.1, 0.15) is 22.8 Å². The molecule has 0 aliphatic rings. The lowest BCUT2D eigenvalue weighted by molar-refractivity contribution is 0.0414. The van der Waals surface area contributed by atoms with Crippen LogP contribution in [0, 0.1) is 6.92 Å². The summed E-state index contributed by atoms with van der Waals surface area (Å²) in [5.41, 5.74) is 0.999. The molecule has 0 saturated carbocycles. The standard InChI is InChI=1S/C14H19BrO6/c1-5-19-14(16)12-9(2)13(15)11(21-8-18-4)6-10(12)20-7-17-3/h6H,5,7-8H2,1-4H3. The Balaban J connectivity index is 3.25. The number of hydrogen-bond donors (Lipinski definition) is 0. The highest BCUT2D eigenvalue weighted by atomic mass is 79.9. The van der Waals surface area contributed by atoms with Gasteiger partial charge in [0.05, 0.1) is 11.1 Å². The third-order valence-corrected chi connectivity index (χ3v) is 3.56. The molecule has 0 radical (unpaired) electrons. The average Bonchev–Trinajstić information content (AvgIpc) is 2.47. The van der Waals surface area contributed by atoms with Crippen molar-refractivity contribution in [1.29, 1.82) is 0 Å². The van der Waals surface area contributed by atoms with Gasteiger partial charge in [0.1, 0.15) is 17.1 Å². The normalized spacial score (nSPS) is 10.3. The Morgan fingerprint density at radius 3 is 2.24 bits per heavy atom. The van der Waals surface area contributed by atoms with Gasteiger partial charge in [0, 0.05) is 20.3 Å². The molecule has 0 unspecified atom stereocenters. The van der Waals surface area contributed by atoms with Crippen LogP contribution in [-0.2, 0) is 14.2 Å². The van der Waals surface area contributed by atoms with E-state index in [-0.39, 0.29) is 20.2 Å². The maximum atomic E-state index is 12.1. The molecule has 0 spiro atoms. The highest BCUT2D eigenvalue weighted by Gasteiger charge is 2.22. The second-order valence-electron chi connectivity index (χ2n) is 4.01. The van der Waals surface area contributed by atoms with Gasteiger partial charge >= 0.3 is 5.97 Å². The van der Waals surface area contributed by atoms with Crippen LogP contribution < -0.4 is 9.47 Å². The zero-order valence-corrected chi connectivity index (χ0v) is 14.1. The summed E-state index contributed by atoms with van der Waals surface area (Å²) < 4.78 is 26.3. The van der Waals surface area contributed by atoms with Crippen LogP contribution in [0.5, 0.6) is 11.5 Å². The molecule has 1 rings (SSSR count).